The maximum Gasteiger partial charge on any atom is 0.453 e. The van der Waals surface area contributed by atoms with E-state index in [-0.39, 0.29) is 0 Å². The van der Waals surface area contributed by atoms with Crippen LogP contribution in [-0.2, 0) is 9.84 Å². The van der Waals surface area contributed by atoms with Crippen molar-refractivity contribution < 1.29 is 43.5 Å². The number of thioether (sulfide) groups is 1. The van der Waals surface area contributed by atoms with Gasteiger partial charge < -0.3 is 0 Å². The Morgan fingerprint density at radius 1 is 1.00 bits per heavy atom. The molecule has 0 fully saturated rings. The number of sulfone groups is 1. The van der Waals surface area contributed by atoms with E-state index in [2.05, 4.69) is 0 Å². The largest absolute Gasteiger partial charge is 0.453 e. The minimum atomic E-state index is -5.96. The summed E-state index contributed by atoms with van der Waals surface area (Å²) < 4.78 is 118. The van der Waals surface area contributed by atoms with Gasteiger partial charge in [0.25, 0.3) is 0 Å². The Bertz CT molecular complexity index is 549. The van der Waals surface area contributed by atoms with Crippen LogP contribution in [0.4, 0.5) is 35.1 Å². The molecule has 0 aliphatic carbocycles. The van der Waals surface area contributed by atoms with Crippen LogP contribution in [0.25, 0.3) is 0 Å². The summed E-state index contributed by atoms with van der Waals surface area (Å²) >= 11 is -0.624. The number of nitrogens with zero attached hydrogens (tertiary/aromatic N) is 1. The third kappa shape index (κ3) is 6.33. The van der Waals surface area contributed by atoms with Gasteiger partial charge >= 0.3 is 17.6 Å². The van der Waals surface area contributed by atoms with E-state index in [4.69, 9.17) is 5.26 Å². The van der Waals surface area contributed by atoms with E-state index in [1.807, 2.05) is 0 Å². The van der Waals surface area contributed by atoms with Crippen LogP contribution in [0, 0.1) is 11.3 Å². The highest BCUT2D eigenvalue weighted by Gasteiger charge is 2.58. The summed E-state index contributed by atoms with van der Waals surface area (Å²) in [6.07, 6.45) is -8.94. The van der Waals surface area contributed by atoms with Gasteiger partial charge in [-0.25, -0.2) is 8.42 Å². The molecule has 0 bridgehead atoms. The second kappa shape index (κ2) is 7.00. The van der Waals surface area contributed by atoms with Crippen molar-refractivity contribution in [2.45, 2.75) is 42.1 Å². The average Bonchev–Trinajstić information content (AvgIpc) is 2.33. The molecule has 3 nitrogen and oxygen atoms in total. The lowest BCUT2D eigenvalue weighted by molar-refractivity contribution is -0.282. The van der Waals surface area contributed by atoms with E-state index >= 15 is 0 Å². The molecule has 0 aliphatic heterocycles. The summed E-state index contributed by atoms with van der Waals surface area (Å²) in [5.74, 6) is -7.82. The van der Waals surface area contributed by atoms with E-state index < -0.39 is 68.3 Å². The first-order valence-corrected chi connectivity index (χ1v) is 8.40. The normalized spacial score (nSPS) is 16.7. The summed E-state index contributed by atoms with van der Waals surface area (Å²) in [6, 6.07) is 1.19. The zero-order chi connectivity index (χ0) is 18.7. The van der Waals surface area contributed by atoms with Crippen LogP contribution in [0.2, 0.25) is 0 Å². The van der Waals surface area contributed by atoms with Crippen LogP contribution in [0.1, 0.15) is 19.8 Å². The topological polar surface area (TPSA) is 57.9 Å². The van der Waals surface area contributed by atoms with Crippen LogP contribution in [0.15, 0.2) is 0 Å². The zero-order valence-corrected chi connectivity index (χ0v) is 13.1. The van der Waals surface area contributed by atoms with E-state index in [1.165, 1.54) is 6.07 Å². The van der Waals surface area contributed by atoms with Gasteiger partial charge in [0.05, 0.1) is 11.8 Å². The number of alkyl halides is 8. The Morgan fingerprint density at radius 3 is 1.83 bits per heavy atom. The summed E-state index contributed by atoms with van der Waals surface area (Å²) in [5, 5.41) is 8.81. The minimum absolute atomic E-state index is 0.624. The summed E-state index contributed by atoms with van der Waals surface area (Å²) in [6.45, 7) is 0.686. The molecular formula is C10H11F8NO2S2. The highest BCUT2D eigenvalue weighted by molar-refractivity contribution is 8.00. The van der Waals surface area contributed by atoms with Crippen molar-refractivity contribution in [3.63, 3.8) is 0 Å². The van der Waals surface area contributed by atoms with Crippen molar-refractivity contribution in [2.75, 3.05) is 11.5 Å². The number of rotatable bonds is 7. The Labute approximate surface area is 130 Å². The molecule has 1 atom stereocenters. The molecule has 1 unspecified atom stereocenters. The number of hydrogen-bond acceptors (Lipinski definition) is 4. The van der Waals surface area contributed by atoms with Gasteiger partial charge in [0.2, 0.25) is 0 Å². The summed E-state index contributed by atoms with van der Waals surface area (Å²) in [5.41, 5.74) is -4.69. The van der Waals surface area contributed by atoms with Crippen molar-refractivity contribution in [1.29, 1.82) is 5.26 Å². The van der Waals surface area contributed by atoms with Gasteiger partial charge in [-0.3, -0.25) is 0 Å². The molecule has 0 spiro atoms. The first kappa shape index (κ1) is 22.2. The third-order valence-electron chi connectivity index (χ3n) is 2.87. The van der Waals surface area contributed by atoms with Gasteiger partial charge in [-0.15, -0.1) is 0 Å². The third-order valence-corrected chi connectivity index (χ3v) is 6.01. The minimum Gasteiger partial charge on any atom is -0.227 e. The Kier molecular flexibility index (Phi) is 6.77. The molecule has 0 heterocycles. The van der Waals surface area contributed by atoms with Crippen LogP contribution >= 0.6 is 11.8 Å². The first-order chi connectivity index (χ1) is 9.97. The maximum absolute atomic E-state index is 12.7. The van der Waals surface area contributed by atoms with E-state index in [9.17, 15) is 43.5 Å². The first-order valence-electron chi connectivity index (χ1n) is 5.76. The number of nitriles is 1. The van der Waals surface area contributed by atoms with Crippen molar-refractivity contribution in [2.24, 2.45) is 0 Å². The molecule has 13 heteroatoms. The van der Waals surface area contributed by atoms with E-state index in [1.54, 1.807) is 0 Å². The van der Waals surface area contributed by atoms with E-state index in [0.717, 1.165) is 0 Å². The van der Waals surface area contributed by atoms with Gasteiger partial charge in [0.1, 0.15) is 0 Å². The fourth-order valence-electron chi connectivity index (χ4n) is 1.27. The monoisotopic (exact) mass is 393 g/mol. The Balaban J connectivity index is 5.04. The van der Waals surface area contributed by atoms with Crippen LogP contribution in [0.3, 0.4) is 0 Å². The summed E-state index contributed by atoms with van der Waals surface area (Å²) in [4.78, 5) is 0. The van der Waals surface area contributed by atoms with Gasteiger partial charge in [-0.2, -0.15) is 40.4 Å². The number of hydrogen-bond donors (Lipinski definition) is 0. The maximum atomic E-state index is 12.7. The van der Waals surface area contributed by atoms with Crippen molar-refractivity contribution in [3.8, 4) is 6.07 Å². The molecule has 0 aliphatic rings. The van der Waals surface area contributed by atoms with Crippen molar-refractivity contribution in [1.82, 2.24) is 0 Å². The second-order valence-corrected chi connectivity index (χ2v) is 8.36. The van der Waals surface area contributed by atoms with Crippen LogP contribution in [0.5, 0.6) is 0 Å². The molecule has 0 N–H and O–H groups in total. The molecular weight excluding hydrogens is 382 g/mol. The lowest BCUT2D eigenvalue weighted by atomic mass is 10.1. The van der Waals surface area contributed by atoms with Crippen molar-refractivity contribution in [3.05, 3.63) is 0 Å². The molecule has 0 saturated carbocycles. The zero-order valence-electron chi connectivity index (χ0n) is 11.4. The van der Waals surface area contributed by atoms with Crippen molar-refractivity contribution >= 4 is 21.6 Å². The summed E-state index contributed by atoms with van der Waals surface area (Å²) in [7, 11) is -4.80. The predicted octanol–water partition coefficient (Wildman–Crippen LogP) is 3.91. The van der Waals surface area contributed by atoms with Gasteiger partial charge in [0, 0.05) is 12.2 Å². The SMILES string of the molecule is CC(C#N)(CCSC(F)(F)F)S(=O)(=O)CCC(F)(F)C(F)(F)F. The standard InChI is InChI=1S/C10H11F8NO2S2/c1-7(6-19,2-4-22-10(16,17)18)23(20,21)5-3-8(11,12)9(13,14)15/h2-5H2,1H3. The lowest BCUT2D eigenvalue weighted by Crippen LogP contribution is -2.42. The lowest BCUT2D eigenvalue weighted by Gasteiger charge is -2.24. The Morgan fingerprint density at radius 2 is 1.48 bits per heavy atom. The molecule has 0 amide bonds. The highest BCUT2D eigenvalue weighted by atomic mass is 32.2. The highest BCUT2D eigenvalue weighted by Crippen LogP contribution is 2.39. The van der Waals surface area contributed by atoms with Crippen LogP contribution in [-0.4, -0.2) is 42.3 Å². The van der Waals surface area contributed by atoms with Gasteiger partial charge in [-0.05, 0) is 13.3 Å². The molecule has 0 aromatic carbocycles. The fraction of sp³-hybridized carbons (Fsp3) is 0.900. The molecule has 0 aromatic rings. The second-order valence-electron chi connectivity index (χ2n) is 4.66. The smallest absolute Gasteiger partial charge is 0.227 e. The fourth-order valence-corrected chi connectivity index (χ4v) is 3.67. The molecule has 136 valence electrons. The van der Waals surface area contributed by atoms with Gasteiger partial charge in [0.15, 0.2) is 14.6 Å². The quantitative estimate of drug-likeness (QED) is 0.616. The molecule has 0 aromatic heterocycles. The molecule has 23 heavy (non-hydrogen) atoms. The molecule has 0 saturated heterocycles. The average molecular weight is 393 g/mol. The molecule has 0 rings (SSSR count). The predicted molar refractivity (Wildman–Crippen MR) is 66.6 cm³/mol. The Hall–Kier alpha value is -0.770. The molecule has 0 radical (unpaired) electrons. The van der Waals surface area contributed by atoms with Crippen LogP contribution < -0.4 is 0 Å². The van der Waals surface area contributed by atoms with E-state index in [0.29, 0.717) is 6.92 Å². The number of halogens is 8. The van der Waals surface area contributed by atoms with Gasteiger partial charge in [-0.1, -0.05) is 11.8 Å².